The number of nitrogens with zero attached hydrogens (tertiary/aromatic N) is 1. The summed E-state index contributed by atoms with van der Waals surface area (Å²) in [6, 6.07) is 24.0. The molecule has 0 bridgehead atoms. The maximum absolute atomic E-state index is 14.3. The molecule has 0 amide bonds. The van der Waals surface area contributed by atoms with Gasteiger partial charge in [-0.3, -0.25) is 0 Å². The molecule has 0 radical (unpaired) electrons. The molecule has 1 fully saturated rings. The van der Waals surface area contributed by atoms with Crippen molar-refractivity contribution >= 4 is 0 Å². The van der Waals surface area contributed by atoms with Crippen molar-refractivity contribution in [3.05, 3.63) is 94.8 Å². The maximum Gasteiger partial charge on any atom is 0.132 e. The van der Waals surface area contributed by atoms with Gasteiger partial charge in [-0.05, 0) is 84.7 Å². The molecule has 0 N–H and O–H groups in total. The lowest BCUT2D eigenvalue weighted by molar-refractivity contribution is 0.308. The van der Waals surface area contributed by atoms with Crippen LogP contribution in [0, 0.1) is 23.1 Å². The van der Waals surface area contributed by atoms with Crippen molar-refractivity contribution in [2.75, 3.05) is 0 Å². The molecule has 0 saturated heterocycles. The Morgan fingerprint density at radius 1 is 0.844 bits per heavy atom. The second-order valence-electron chi connectivity index (χ2n) is 9.25. The highest BCUT2D eigenvalue weighted by Crippen LogP contribution is 2.37. The molecule has 164 valence electrons. The minimum Gasteiger partial charge on any atom is -0.206 e. The quantitative estimate of drug-likeness (QED) is 0.374. The fourth-order valence-electron chi connectivity index (χ4n) is 5.11. The van der Waals surface area contributed by atoms with Gasteiger partial charge in [0, 0.05) is 5.56 Å². The Labute approximate surface area is 191 Å². The summed E-state index contributed by atoms with van der Waals surface area (Å²) in [5.41, 5.74) is 5.86. The van der Waals surface area contributed by atoms with E-state index >= 15 is 0 Å². The Bertz CT molecular complexity index is 1050. The van der Waals surface area contributed by atoms with Gasteiger partial charge in [0.05, 0.1) is 11.6 Å². The average Bonchev–Trinajstić information content (AvgIpc) is 2.84. The summed E-state index contributed by atoms with van der Waals surface area (Å²) in [6.45, 7) is 2.30. The number of rotatable bonds is 7. The second kappa shape index (κ2) is 10.6. The van der Waals surface area contributed by atoms with Crippen LogP contribution in [0.3, 0.4) is 0 Å². The molecule has 2 heteroatoms. The Balaban J connectivity index is 1.32. The van der Waals surface area contributed by atoms with E-state index < -0.39 is 0 Å². The van der Waals surface area contributed by atoms with Crippen LogP contribution >= 0.6 is 0 Å². The van der Waals surface area contributed by atoms with Gasteiger partial charge in [-0.15, -0.1) is 0 Å². The van der Waals surface area contributed by atoms with E-state index in [0.29, 0.717) is 11.1 Å². The highest BCUT2D eigenvalue weighted by atomic mass is 19.1. The number of aryl methyl sites for hydroxylation is 2. The first-order chi connectivity index (χ1) is 15.7. The molecular weight excluding hydrogens is 393 g/mol. The van der Waals surface area contributed by atoms with Gasteiger partial charge in [0.2, 0.25) is 0 Å². The maximum atomic E-state index is 14.3. The van der Waals surface area contributed by atoms with E-state index in [0.717, 1.165) is 30.2 Å². The van der Waals surface area contributed by atoms with Gasteiger partial charge >= 0.3 is 0 Å². The van der Waals surface area contributed by atoms with Crippen molar-refractivity contribution in [2.45, 2.75) is 64.2 Å². The van der Waals surface area contributed by atoms with Crippen molar-refractivity contribution in [3.8, 4) is 17.2 Å². The lowest BCUT2D eigenvalue weighted by Crippen LogP contribution is -2.13. The lowest BCUT2D eigenvalue weighted by Gasteiger charge is -2.28. The summed E-state index contributed by atoms with van der Waals surface area (Å²) < 4.78 is 14.3. The summed E-state index contributed by atoms with van der Waals surface area (Å²) in [5, 5.41) is 8.91. The second-order valence-corrected chi connectivity index (χ2v) is 9.25. The smallest absolute Gasteiger partial charge is 0.132 e. The summed E-state index contributed by atoms with van der Waals surface area (Å²) in [7, 11) is 0. The van der Waals surface area contributed by atoms with E-state index in [-0.39, 0.29) is 5.82 Å². The van der Waals surface area contributed by atoms with E-state index in [1.807, 2.05) is 18.2 Å². The number of hydrogen-bond acceptors (Lipinski definition) is 1. The fraction of sp³-hybridized carbons (Fsp3) is 0.367. The van der Waals surface area contributed by atoms with Crippen molar-refractivity contribution in [2.24, 2.45) is 5.92 Å². The molecule has 0 spiro atoms. The fourth-order valence-corrected chi connectivity index (χ4v) is 5.11. The zero-order valence-electron chi connectivity index (χ0n) is 19.0. The van der Waals surface area contributed by atoms with E-state index in [1.165, 1.54) is 61.3 Å². The molecule has 1 saturated carbocycles. The van der Waals surface area contributed by atoms with Crippen LogP contribution in [0.15, 0.2) is 66.7 Å². The molecular formula is C30H32FN. The molecule has 0 heterocycles. The van der Waals surface area contributed by atoms with Crippen molar-refractivity contribution in [1.82, 2.24) is 0 Å². The highest BCUT2D eigenvalue weighted by Gasteiger charge is 2.21. The van der Waals surface area contributed by atoms with Gasteiger partial charge in [-0.2, -0.15) is 5.26 Å². The van der Waals surface area contributed by atoms with Crippen LogP contribution in [-0.2, 0) is 12.8 Å². The topological polar surface area (TPSA) is 23.8 Å². The molecule has 1 aliphatic rings. The first kappa shape index (κ1) is 22.3. The number of hydrogen-bond donors (Lipinski definition) is 0. The van der Waals surface area contributed by atoms with E-state index in [1.54, 1.807) is 12.1 Å². The zero-order valence-corrected chi connectivity index (χ0v) is 19.0. The first-order valence-corrected chi connectivity index (χ1v) is 12.0. The molecule has 0 aromatic heterocycles. The molecule has 0 atom stereocenters. The predicted octanol–water partition coefficient (Wildman–Crippen LogP) is 8.22. The molecule has 0 unspecified atom stereocenters. The lowest BCUT2D eigenvalue weighted by atomic mass is 9.77. The van der Waals surface area contributed by atoms with Crippen LogP contribution in [-0.4, -0.2) is 0 Å². The Kier molecular flexibility index (Phi) is 7.38. The van der Waals surface area contributed by atoms with Crippen molar-refractivity contribution in [1.29, 1.82) is 5.26 Å². The zero-order chi connectivity index (χ0) is 22.3. The molecule has 3 aromatic carbocycles. The Hall–Kier alpha value is -2.92. The monoisotopic (exact) mass is 425 g/mol. The molecule has 4 rings (SSSR count). The highest BCUT2D eigenvalue weighted by molar-refractivity contribution is 5.65. The number of nitriles is 1. The third kappa shape index (κ3) is 5.46. The van der Waals surface area contributed by atoms with Crippen LogP contribution in [0.25, 0.3) is 11.1 Å². The Morgan fingerprint density at radius 3 is 2.03 bits per heavy atom. The van der Waals surface area contributed by atoms with Gasteiger partial charge < -0.3 is 0 Å². The third-order valence-corrected chi connectivity index (χ3v) is 7.06. The number of halogens is 1. The first-order valence-electron chi connectivity index (χ1n) is 12.0. The van der Waals surface area contributed by atoms with Gasteiger partial charge in [0.25, 0.3) is 0 Å². The largest absolute Gasteiger partial charge is 0.206 e. The molecule has 1 aliphatic carbocycles. The van der Waals surface area contributed by atoms with Gasteiger partial charge in [0.15, 0.2) is 0 Å². The van der Waals surface area contributed by atoms with Crippen LogP contribution in [0.4, 0.5) is 4.39 Å². The van der Waals surface area contributed by atoms with Gasteiger partial charge in [0.1, 0.15) is 5.82 Å². The normalized spacial score (nSPS) is 18.3. The minimum absolute atomic E-state index is 0.345. The van der Waals surface area contributed by atoms with Crippen molar-refractivity contribution < 1.29 is 4.39 Å². The average molecular weight is 426 g/mol. The van der Waals surface area contributed by atoms with E-state index in [2.05, 4.69) is 43.3 Å². The molecule has 1 nitrogen and oxygen atoms in total. The predicted molar refractivity (Wildman–Crippen MR) is 130 cm³/mol. The van der Waals surface area contributed by atoms with Crippen LogP contribution in [0.5, 0.6) is 0 Å². The Morgan fingerprint density at radius 2 is 1.47 bits per heavy atom. The van der Waals surface area contributed by atoms with E-state index in [9.17, 15) is 4.39 Å². The van der Waals surface area contributed by atoms with Gasteiger partial charge in [-0.25, -0.2) is 4.39 Å². The summed E-state index contributed by atoms with van der Waals surface area (Å²) in [5.74, 6) is 1.35. The molecule has 0 aliphatic heterocycles. The number of benzene rings is 3. The van der Waals surface area contributed by atoms with E-state index in [4.69, 9.17) is 5.26 Å². The molecule has 32 heavy (non-hydrogen) atoms. The van der Waals surface area contributed by atoms with Crippen LogP contribution in [0.2, 0.25) is 0 Å². The summed E-state index contributed by atoms with van der Waals surface area (Å²) in [6.07, 6.45) is 10.2. The standard InChI is InChI=1S/C30H32FN/c1-2-3-22-6-13-26(14-7-22)27-15-8-23(9-16-27)4-5-24-10-17-28(18-11-24)29-19-12-25(21-32)20-30(29)31/h8-12,15-20,22,26H,2-7,13-14H2,1H3. The van der Waals surface area contributed by atoms with Crippen molar-refractivity contribution in [3.63, 3.8) is 0 Å². The summed E-state index contributed by atoms with van der Waals surface area (Å²) >= 11 is 0. The SMILES string of the molecule is CCCC1CCC(c2ccc(CCc3ccc(-c4ccc(C#N)cc4F)cc3)cc2)CC1. The minimum atomic E-state index is -0.351. The summed E-state index contributed by atoms with van der Waals surface area (Å²) in [4.78, 5) is 0. The molecule has 3 aromatic rings. The van der Waals surface area contributed by atoms with Crippen LogP contribution in [0.1, 0.15) is 73.6 Å². The van der Waals surface area contributed by atoms with Gasteiger partial charge in [-0.1, -0.05) is 74.4 Å². The third-order valence-electron chi connectivity index (χ3n) is 7.06. The van der Waals surface area contributed by atoms with Crippen LogP contribution < -0.4 is 0 Å².